The second kappa shape index (κ2) is 5.55. The van der Waals surface area contributed by atoms with Crippen molar-refractivity contribution in [2.75, 3.05) is 31.8 Å². The van der Waals surface area contributed by atoms with Crippen LogP contribution in [-0.4, -0.2) is 44.6 Å². The molecule has 6 nitrogen and oxygen atoms in total. The van der Waals surface area contributed by atoms with Crippen molar-refractivity contribution in [3.63, 3.8) is 0 Å². The second-order valence-corrected chi connectivity index (χ2v) is 6.42. The first kappa shape index (κ1) is 14.7. The van der Waals surface area contributed by atoms with Gasteiger partial charge in [-0.1, -0.05) is 0 Å². The highest BCUT2D eigenvalue weighted by Crippen LogP contribution is 2.24. The van der Waals surface area contributed by atoms with Crippen LogP contribution in [0.4, 0.5) is 11.4 Å². The Balaban J connectivity index is 3.16. The first-order valence-electron chi connectivity index (χ1n) is 5.48. The van der Waals surface area contributed by atoms with Gasteiger partial charge in [0.05, 0.1) is 22.9 Å². The van der Waals surface area contributed by atoms with Crippen LogP contribution < -0.4 is 11.1 Å². The zero-order valence-electron chi connectivity index (χ0n) is 10.7. The third-order valence-electron chi connectivity index (χ3n) is 2.48. The summed E-state index contributed by atoms with van der Waals surface area (Å²) in [6.45, 7) is 1.71. The van der Waals surface area contributed by atoms with E-state index in [4.69, 9.17) is 10.8 Å². The lowest BCUT2D eigenvalue weighted by molar-refractivity contribution is 0.281. The number of hydrogen-bond acceptors (Lipinski definition) is 5. The van der Waals surface area contributed by atoms with Crippen molar-refractivity contribution in [3.8, 4) is 0 Å². The molecule has 0 spiro atoms. The summed E-state index contributed by atoms with van der Waals surface area (Å²) in [5, 5.41) is 11.9. The van der Waals surface area contributed by atoms with Gasteiger partial charge in [0.2, 0.25) is 10.0 Å². The highest BCUT2D eigenvalue weighted by molar-refractivity contribution is 7.89. The molecule has 0 aliphatic heterocycles. The van der Waals surface area contributed by atoms with Crippen LogP contribution in [-0.2, 0) is 10.0 Å². The first-order valence-corrected chi connectivity index (χ1v) is 6.92. The van der Waals surface area contributed by atoms with E-state index in [0.29, 0.717) is 11.4 Å². The predicted molar refractivity (Wildman–Crippen MR) is 71.9 cm³/mol. The minimum atomic E-state index is -3.48. The molecule has 0 aliphatic carbocycles. The minimum Gasteiger partial charge on any atom is -0.397 e. The monoisotopic (exact) mass is 273 g/mol. The van der Waals surface area contributed by atoms with Crippen LogP contribution >= 0.6 is 0 Å². The normalized spacial score (nSPS) is 13.6. The highest BCUT2D eigenvalue weighted by atomic mass is 32.2. The molecule has 0 aliphatic rings. The number of hydrogen-bond donors (Lipinski definition) is 3. The van der Waals surface area contributed by atoms with Crippen molar-refractivity contribution in [1.29, 1.82) is 0 Å². The highest BCUT2D eigenvalue weighted by Gasteiger charge is 2.18. The lowest BCUT2D eigenvalue weighted by Gasteiger charge is -2.17. The predicted octanol–water partition coefficient (Wildman–Crippen LogP) is 0.312. The van der Waals surface area contributed by atoms with Gasteiger partial charge >= 0.3 is 0 Å². The van der Waals surface area contributed by atoms with Crippen LogP contribution in [0, 0.1) is 0 Å². The maximum Gasteiger partial charge on any atom is 0.242 e. The summed E-state index contributed by atoms with van der Waals surface area (Å²) in [5.41, 5.74) is 6.70. The largest absolute Gasteiger partial charge is 0.397 e. The number of nitrogens with two attached hydrogens (primary N) is 1. The molecule has 0 aromatic heterocycles. The lowest BCUT2D eigenvalue weighted by Crippen LogP contribution is -2.23. The molecule has 1 atom stereocenters. The molecular formula is C11H19N3O3S. The summed E-state index contributed by atoms with van der Waals surface area (Å²) < 4.78 is 25.1. The van der Waals surface area contributed by atoms with E-state index in [1.54, 1.807) is 6.92 Å². The van der Waals surface area contributed by atoms with E-state index in [9.17, 15) is 8.42 Å². The Morgan fingerprint density at radius 3 is 2.56 bits per heavy atom. The lowest BCUT2D eigenvalue weighted by atomic mass is 10.2. The van der Waals surface area contributed by atoms with Gasteiger partial charge in [0, 0.05) is 20.1 Å². The standard InChI is InChI=1S/C11H19N3O3S/c1-8(7-15)13-11-6-9(4-5-10(11)12)18(16,17)14(2)3/h4-6,8,13,15H,7,12H2,1-3H3. The maximum atomic E-state index is 12.0. The molecule has 0 saturated carbocycles. The number of anilines is 2. The number of nitrogen functional groups attached to an aromatic ring is 1. The molecule has 0 amide bonds. The zero-order valence-corrected chi connectivity index (χ0v) is 11.5. The van der Waals surface area contributed by atoms with Gasteiger partial charge in [-0.3, -0.25) is 0 Å². The van der Waals surface area contributed by atoms with Crippen LogP contribution in [0.5, 0.6) is 0 Å². The summed E-state index contributed by atoms with van der Waals surface area (Å²) in [7, 11) is -0.549. The SMILES string of the molecule is CC(CO)Nc1cc(S(=O)(=O)N(C)C)ccc1N. The van der Waals surface area contributed by atoms with Crippen molar-refractivity contribution in [2.45, 2.75) is 17.9 Å². The van der Waals surface area contributed by atoms with Crippen LogP contribution in [0.2, 0.25) is 0 Å². The summed E-state index contributed by atoms with van der Waals surface area (Å²) in [6, 6.07) is 4.25. The quantitative estimate of drug-likeness (QED) is 0.671. The Bertz CT molecular complexity index is 514. The van der Waals surface area contributed by atoms with E-state index in [1.807, 2.05) is 0 Å². The van der Waals surface area contributed by atoms with Crippen LogP contribution in [0.15, 0.2) is 23.1 Å². The average molecular weight is 273 g/mol. The summed E-state index contributed by atoms with van der Waals surface area (Å²) in [5.74, 6) is 0. The molecule has 7 heteroatoms. The van der Waals surface area contributed by atoms with Crippen molar-refractivity contribution in [1.82, 2.24) is 4.31 Å². The Labute approximate surface area is 107 Å². The van der Waals surface area contributed by atoms with Crippen LogP contribution in [0.1, 0.15) is 6.92 Å². The molecule has 1 rings (SSSR count). The number of aliphatic hydroxyl groups is 1. The fourth-order valence-electron chi connectivity index (χ4n) is 1.34. The van der Waals surface area contributed by atoms with E-state index < -0.39 is 10.0 Å². The van der Waals surface area contributed by atoms with Crippen LogP contribution in [0.3, 0.4) is 0 Å². The van der Waals surface area contributed by atoms with Gasteiger partial charge in [0.15, 0.2) is 0 Å². The van der Waals surface area contributed by atoms with E-state index in [-0.39, 0.29) is 17.5 Å². The molecule has 1 aromatic rings. The average Bonchev–Trinajstić information content (AvgIpc) is 2.31. The number of sulfonamides is 1. The minimum absolute atomic E-state index is 0.0654. The number of nitrogens with zero attached hydrogens (tertiary/aromatic N) is 1. The Kier molecular flexibility index (Phi) is 4.55. The summed E-state index contributed by atoms with van der Waals surface area (Å²) in [6.07, 6.45) is 0. The van der Waals surface area contributed by atoms with Gasteiger partial charge < -0.3 is 16.2 Å². The Morgan fingerprint density at radius 2 is 2.06 bits per heavy atom. The fraction of sp³-hybridized carbons (Fsp3) is 0.455. The van der Waals surface area contributed by atoms with E-state index in [0.717, 1.165) is 4.31 Å². The summed E-state index contributed by atoms with van der Waals surface area (Å²) >= 11 is 0. The van der Waals surface area contributed by atoms with Gasteiger partial charge in [0.1, 0.15) is 0 Å². The topological polar surface area (TPSA) is 95.7 Å². The van der Waals surface area contributed by atoms with E-state index in [1.165, 1.54) is 32.3 Å². The number of rotatable bonds is 5. The fourth-order valence-corrected chi connectivity index (χ4v) is 2.27. The van der Waals surface area contributed by atoms with Crippen molar-refractivity contribution < 1.29 is 13.5 Å². The molecule has 0 bridgehead atoms. The summed E-state index contributed by atoms with van der Waals surface area (Å²) in [4.78, 5) is 0.161. The van der Waals surface area contributed by atoms with Crippen molar-refractivity contribution in [2.24, 2.45) is 0 Å². The number of aliphatic hydroxyl groups excluding tert-OH is 1. The molecule has 0 radical (unpaired) electrons. The Hall–Kier alpha value is -1.31. The number of nitrogens with one attached hydrogen (secondary N) is 1. The molecule has 1 aromatic carbocycles. The first-order chi connectivity index (χ1) is 8.28. The number of benzene rings is 1. The van der Waals surface area contributed by atoms with E-state index in [2.05, 4.69) is 5.32 Å². The van der Waals surface area contributed by atoms with Crippen molar-refractivity contribution >= 4 is 21.4 Å². The van der Waals surface area contributed by atoms with E-state index >= 15 is 0 Å². The molecular weight excluding hydrogens is 254 g/mol. The third kappa shape index (κ3) is 3.12. The van der Waals surface area contributed by atoms with Crippen LogP contribution in [0.25, 0.3) is 0 Å². The Morgan fingerprint density at radius 1 is 1.44 bits per heavy atom. The smallest absolute Gasteiger partial charge is 0.242 e. The molecule has 0 saturated heterocycles. The maximum absolute atomic E-state index is 12.0. The second-order valence-electron chi connectivity index (χ2n) is 4.26. The molecule has 102 valence electrons. The molecule has 4 N–H and O–H groups in total. The molecule has 0 fully saturated rings. The van der Waals surface area contributed by atoms with Gasteiger partial charge in [-0.15, -0.1) is 0 Å². The van der Waals surface area contributed by atoms with Gasteiger partial charge in [-0.2, -0.15) is 0 Å². The molecule has 18 heavy (non-hydrogen) atoms. The third-order valence-corrected chi connectivity index (χ3v) is 4.29. The van der Waals surface area contributed by atoms with Gasteiger partial charge in [-0.25, -0.2) is 12.7 Å². The van der Waals surface area contributed by atoms with Crippen molar-refractivity contribution in [3.05, 3.63) is 18.2 Å². The van der Waals surface area contributed by atoms with Gasteiger partial charge in [-0.05, 0) is 25.1 Å². The van der Waals surface area contributed by atoms with Gasteiger partial charge in [0.25, 0.3) is 0 Å². The zero-order chi connectivity index (χ0) is 13.9. The molecule has 1 unspecified atom stereocenters. The molecule has 0 heterocycles.